The summed E-state index contributed by atoms with van der Waals surface area (Å²) in [5, 5.41) is 0. The number of carbonyl (C=O) groups is 2. The van der Waals surface area contributed by atoms with Gasteiger partial charge in [0, 0.05) is 0 Å². The maximum Gasteiger partial charge on any atom is 0.417 e. The fourth-order valence-corrected chi connectivity index (χ4v) is 1.63. The zero-order valence-electron chi connectivity index (χ0n) is 11.8. The van der Waals surface area contributed by atoms with E-state index in [0.29, 0.717) is 12.3 Å². The third-order valence-corrected chi connectivity index (χ3v) is 2.46. The summed E-state index contributed by atoms with van der Waals surface area (Å²) in [5.41, 5.74) is 1.35. The minimum absolute atomic E-state index is 0.184. The molecular weight excluding hydrogens is 232 g/mol. The van der Waals surface area contributed by atoms with Crippen LogP contribution in [-0.4, -0.2) is 25.2 Å². The number of hydrogen-bond acceptors (Lipinski definition) is 4. The van der Waals surface area contributed by atoms with Gasteiger partial charge in [0.15, 0.2) is 0 Å². The molecule has 0 saturated carbocycles. The molecule has 0 aromatic heterocycles. The number of allylic oxidation sites excluding steroid dienone is 2. The van der Waals surface area contributed by atoms with Gasteiger partial charge in [-0.2, -0.15) is 0 Å². The maximum absolute atomic E-state index is 11.1. The summed E-state index contributed by atoms with van der Waals surface area (Å²) in [6.07, 6.45) is 5.12. The second-order valence-corrected chi connectivity index (χ2v) is 4.39. The van der Waals surface area contributed by atoms with Crippen molar-refractivity contribution in [1.29, 1.82) is 0 Å². The molecule has 0 rings (SSSR count). The van der Waals surface area contributed by atoms with Crippen molar-refractivity contribution in [2.45, 2.75) is 47.0 Å². The van der Waals surface area contributed by atoms with Gasteiger partial charge in [-0.3, -0.25) is 0 Å². The lowest BCUT2D eigenvalue weighted by molar-refractivity contribution is -0.167. The number of hydrogen-bond donors (Lipinski definition) is 0. The molecule has 0 aromatic carbocycles. The molecule has 0 aliphatic heterocycles. The van der Waals surface area contributed by atoms with Crippen LogP contribution >= 0.6 is 0 Å². The predicted octanol–water partition coefficient (Wildman–Crippen LogP) is 2.87. The molecule has 0 bridgehead atoms. The number of rotatable bonds is 7. The third kappa shape index (κ3) is 7.87. The lowest BCUT2D eigenvalue weighted by Crippen LogP contribution is -2.21. The van der Waals surface area contributed by atoms with E-state index in [1.807, 2.05) is 0 Å². The molecular formula is C14H24O4. The zero-order valence-corrected chi connectivity index (χ0v) is 11.8. The van der Waals surface area contributed by atoms with Crippen molar-refractivity contribution in [2.24, 2.45) is 5.92 Å². The van der Waals surface area contributed by atoms with Gasteiger partial charge in [-0.15, -0.1) is 0 Å². The summed E-state index contributed by atoms with van der Waals surface area (Å²) in [5.74, 6) is -1.48. The van der Waals surface area contributed by atoms with Crippen LogP contribution in [0.2, 0.25) is 0 Å². The first-order chi connectivity index (χ1) is 8.51. The Labute approximate surface area is 109 Å². The van der Waals surface area contributed by atoms with E-state index in [9.17, 15) is 9.59 Å². The molecule has 1 unspecified atom stereocenters. The standard InChI is InChI=1S/C14H24O4/c1-5-7-11(3)10-12(4)8-9-18-14(16)13(15)17-6-2/h10,12H,5-9H2,1-4H3. The molecule has 0 spiro atoms. The van der Waals surface area contributed by atoms with E-state index in [2.05, 4.69) is 31.6 Å². The molecule has 0 N–H and O–H groups in total. The van der Waals surface area contributed by atoms with Crippen LogP contribution in [0.15, 0.2) is 11.6 Å². The van der Waals surface area contributed by atoms with Gasteiger partial charge in [0.1, 0.15) is 0 Å². The molecule has 1 atom stereocenters. The predicted molar refractivity (Wildman–Crippen MR) is 70.0 cm³/mol. The van der Waals surface area contributed by atoms with Crippen molar-refractivity contribution in [3.05, 3.63) is 11.6 Å². The van der Waals surface area contributed by atoms with Crippen LogP contribution < -0.4 is 0 Å². The van der Waals surface area contributed by atoms with Crippen LogP contribution in [0.1, 0.15) is 47.0 Å². The Balaban J connectivity index is 3.87. The molecule has 0 fully saturated rings. The van der Waals surface area contributed by atoms with Crippen molar-refractivity contribution in [3.8, 4) is 0 Å². The monoisotopic (exact) mass is 256 g/mol. The van der Waals surface area contributed by atoms with Crippen LogP contribution in [0.4, 0.5) is 0 Å². The average Bonchev–Trinajstić information content (AvgIpc) is 2.29. The molecule has 0 aliphatic rings. The lowest BCUT2D eigenvalue weighted by Gasteiger charge is -2.09. The average molecular weight is 256 g/mol. The Morgan fingerprint density at radius 3 is 2.33 bits per heavy atom. The fraction of sp³-hybridized carbons (Fsp3) is 0.714. The lowest BCUT2D eigenvalue weighted by atomic mass is 10.0. The molecule has 0 aromatic rings. The SMILES string of the molecule is CCCC(C)=CC(C)CCOC(=O)C(=O)OCC. The van der Waals surface area contributed by atoms with Gasteiger partial charge >= 0.3 is 11.9 Å². The normalized spacial score (nSPS) is 13.0. The van der Waals surface area contributed by atoms with Gasteiger partial charge in [0.25, 0.3) is 0 Å². The number of esters is 2. The molecule has 0 saturated heterocycles. The zero-order chi connectivity index (χ0) is 14.0. The third-order valence-electron chi connectivity index (χ3n) is 2.46. The summed E-state index contributed by atoms with van der Waals surface area (Å²) in [6, 6.07) is 0. The number of carbonyl (C=O) groups excluding carboxylic acids is 2. The van der Waals surface area contributed by atoms with Crippen molar-refractivity contribution in [1.82, 2.24) is 0 Å². The fourth-order valence-electron chi connectivity index (χ4n) is 1.63. The van der Waals surface area contributed by atoms with E-state index in [-0.39, 0.29) is 13.2 Å². The molecule has 4 nitrogen and oxygen atoms in total. The van der Waals surface area contributed by atoms with Gasteiger partial charge in [-0.05, 0) is 32.6 Å². The minimum Gasteiger partial charge on any atom is -0.458 e. The molecule has 0 aliphatic carbocycles. The Kier molecular flexibility index (Phi) is 8.97. The Morgan fingerprint density at radius 2 is 1.78 bits per heavy atom. The highest BCUT2D eigenvalue weighted by molar-refractivity contribution is 6.29. The van der Waals surface area contributed by atoms with Crippen molar-refractivity contribution in [3.63, 3.8) is 0 Å². The van der Waals surface area contributed by atoms with Crippen molar-refractivity contribution >= 4 is 11.9 Å². The highest BCUT2D eigenvalue weighted by Gasteiger charge is 2.16. The Hall–Kier alpha value is -1.32. The first-order valence-corrected chi connectivity index (χ1v) is 6.52. The summed E-state index contributed by atoms with van der Waals surface area (Å²) in [4.78, 5) is 22.1. The van der Waals surface area contributed by atoms with Gasteiger partial charge < -0.3 is 9.47 Å². The summed E-state index contributed by atoms with van der Waals surface area (Å²) >= 11 is 0. The first-order valence-electron chi connectivity index (χ1n) is 6.52. The van der Waals surface area contributed by atoms with E-state index in [1.165, 1.54) is 5.57 Å². The van der Waals surface area contributed by atoms with Gasteiger partial charge in [-0.1, -0.05) is 31.9 Å². The van der Waals surface area contributed by atoms with Crippen LogP contribution in [0, 0.1) is 5.92 Å². The van der Waals surface area contributed by atoms with Gasteiger partial charge in [0.05, 0.1) is 13.2 Å². The largest absolute Gasteiger partial charge is 0.458 e. The van der Waals surface area contributed by atoms with Gasteiger partial charge in [-0.25, -0.2) is 9.59 Å². The van der Waals surface area contributed by atoms with E-state index in [1.54, 1.807) is 6.92 Å². The summed E-state index contributed by atoms with van der Waals surface area (Å²) in [7, 11) is 0. The van der Waals surface area contributed by atoms with Crippen LogP contribution in [-0.2, 0) is 19.1 Å². The van der Waals surface area contributed by atoms with Gasteiger partial charge in [0.2, 0.25) is 0 Å². The summed E-state index contributed by atoms with van der Waals surface area (Å²) in [6.45, 7) is 8.39. The second kappa shape index (κ2) is 9.68. The van der Waals surface area contributed by atoms with E-state index in [0.717, 1.165) is 12.8 Å². The Bertz CT molecular complexity index is 294. The molecule has 4 heteroatoms. The molecule has 0 amide bonds. The highest BCUT2D eigenvalue weighted by atomic mass is 16.6. The summed E-state index contributed by atoms with van der Waals surface area (Å²) < 4.78 is 9.36. The molecule has 0 radical (unpaired) electrons. The Morgan fingerprint density at radius 1 is 1.17 bits per heavy atom. The van der Waals surface area contributed by atoms with E-state index < -0.39 is 11.9 Å². The van der Waals surface area contributed by atoms with Crippen molar-refractivity contribution < 1.29 is 19.1 Å². The quantitative estimate of drug-likeness (QED) is 0.399. The number of ether oxygens (including phenoxy) is 2. The maximum atomic E-state index is 11.1. The minimum atomic E-state index is -0.914. The van der Waals surface area contributed by atoms with Crippen LogP contribution in [0.5, 0.6) is 0 Å². The molecule has 104 valence electrons. The molecule has 0 heterocycles. The first kappa shape index (κ1) is 16.7. The topological polar surface area (TPSA) is 52.6 Å². The van der Waals surface area contributed by atoms with Crippen LogP contribution in [0.3, 0.4) is 0 Å². The van der Waals surface area contributed by atoms with Crippen molar-refractivity contribution in [2.75, 3.05) is 13.2 Å². The second-order valence-electron chi connectivity index (χ2n) is 4.39. The van der Waals surface area contributed by atoms with E-state index >= 15 is 0 Å². The molecule has 18 heavy (non-hydrogen) atoms. The van der Waals surface area contributed by atoms with E-state index in [4.69, 9.17) is 4.74 Å². The van der Waals surface area contributed by atoms with Crippen LogP contribution in [0.25, 0.3) is 0 Å². The highest BCUT2D eigenvalue weighted by Crippen LogP contribution is 2.11. The smallest absolute Gasteiger partial charge is 0.417 e.